The number of nitrogens with one attached hydrogen (secondary N) is 1. The first-order valence-electron chi connectivity index (χ1n) is 5.44. The van der Waals surface area contributed by atoms with Crippen molar-refractivity contribution >= 4 is 11.6 Å². The molecule has 0 aliphatic carbocycles. The molecule has 0 aliphatic rings. The number of hydrogen-bond donors (Lipinski definition) is 1. The number of carbonyl (C=O) groups is 1. The Balaban J connectivity index is 2.19. The lowest BCUT2D eigenvalue weighted by Gasteiger charge is -2.05. The van der Waals surface area contributed by atoms with Crippen molar-refractivity contribution in [2.45, 2.75) is 19.8 Å². The summed E-state index contributed by atoms with van der Waals surface area (Å²) >= 11 is 0. The summed E-state index contributed by atoms with van der Waals surface area (Å²) in [6, 6.07) is 1.12. The predicted molar refractivity (Wildman–Crippen MR) is 62.7 cm³/mol. The zero-order valence-electron chi connectivity index (χ0n) is 9.98. The van der Waals surface area contributed by atoms with E-state index in [9.17, 15) is 9.18 Å². The number of carbonyl (C=O) groups excluding carboxylic acids is 1. The van der Waals surface area contributed by atoms with Crippen molar-refractivity contribution in [3.05, 3.63) is 41.8 Å². The van der Waals surface area contributed by atoms with E-state index < -0.39 is 11.7 Å². The Labute approximate surface area is 103 Å². The van der Waals surface area contributed by atoms with Gasteiger partial charge in [0.05, 0.1) is 18.0 Å². The molecule has 1 amide bonds. The summed E-state index contributed by atoms with van der Waals surface area (Å²) in [4.78, 5) is 15.5. The van der Waals surface area contributed by atoms with E-state index in [1.54, 1.807) is 0 Å². The predicted octanol–water partition coefficient (Wildman–Crippen LogP) is 2.58. The quantitative estimate of drug-likeness (QED) is 0.907. The summed E-state index contributed by atoms with van der Waals surface area (Å²) in [5.41, 5.74) is 0.630. The maximum absolute atomic E-state index is 12.9. The van der Waals surface area contributed by atoms with Crippen molar-refractivity contribution in [3.63, 3.8) is 0 Å². The summed E-state index contributed by atoms with van der Waals surface area (Å²) in [6.45, 7) is 3.83. The van der Waals surface area contributed by atoms with Crippen LogP contribution in [0.2, 0.25) is 0 Å². The third-order valence-electron chi connectivity index (χ3n) is 2.34. The minimum absolute atomic E-state index is 0.0911. The number of rotatable bonds is 3. The largest absolute Gasteiger partial charge is 0.359 e. The van der Waals surface area contributed by atoms with E-state index in [-0.39, 0.29) is 11.5 Å². The molecule has 6 heteroatoms. The Morgan fingerprint density at radius 1 is 1.39 bits per heavy atom. The van der Waals surface area contributed by atoms with Crippen LogP contribution in [0.4, 0.5) is 10.1 Å². The molecule has 2 rings (SSSR count). The summed E-state index contributed by atoms with van der Waals surface area (Å²) in [5.74, 6) is -0.342. The lowest BCUT2D eigenvalue weighted by Crippen LogP contribution is -2.13. The van der Waals surface area contributed by atoms with Gasteiger partial charge in [0, 0.05) is 12.1 Å². The van der Waals surface area contributed by atoms with E-state index >= 15 is 0 Å². The Morgan fingerprint density at radius 2 is 2.17 bits per heavy atom. The number of anilines is 1. The third kappa shape index (κ3) is 2.53. The Hall–Kier alpha value is -2.24. The van der Waals surface area contributed by atoms with E-state index in [4.69, 9.17) is 4.52 Å². The Bertz CT molecular complexity index is 566. The average molecular weight is 249 g/mol. The van der Waals surface area contributed by atoms with Gasteiger partial charge in [-0.15, -0.1) is 0 Å². The van der Waals surface area contributed by atoms with E-state index in [2.05, 4.69) is 15.5 Å². The average Bonchev–Trinajstić information content (AvgIpc) is 2.77. The van der Waals surface area contributed by atoms with Gasteiger partial charge in [-0.25, -0.2) is 4.39 Å². The minimum Gasteiger partial charge on any atom is -0.359 e. The smallest absolute Gasteiger partial charge is 0.257 e. The van der Waals surface area contributed by atoms with Gasteiger partial charge in [0.2, 0.25) is 0 Å². The molecule has 0 atom stereocenters. The normalized spacial score (nSPS) is 10.7. The number of aromatic nitrogens is 2. The lowest BCUT2D eigenvalue weighted by atomic mass is 10.1. The SMILES string of the molecule is CC(C)c1oncc1NC(=O)c1cncc(F)c1. The van der Waals surface area contributed by atoms with Crippen molar-refractivity contribution in [2.75, 3.05) is 5.32 Å². The molecule has 94 valence electrons. The standard InChI is InChI=1S/C12H12FN3O2/c1-7(2)11-10(6-15-18-11)16-12(17)8-3-9(13)5-14-4-8/h3-7H,1-2H3,(H,16,17). The van der Waals surface area contributed by atoms with E-state index in [0.717, 1.165) is 12.3 Å². The van der Waals surface area contributed by atoms with Crippen LogP contribution in [0.3, 0.4) is 0 Å². The summed E-state index contributed by atoms with van der Waals surface area (Å²) in [5, 5.41) is 6.24. The number of nitrogens with zero attached hydrogens (tertiary/aromatic N) is 2. The topological polar surface area (TPSA) is 68.0 Å². The van der Waals surface area contributed by atoms with Crippen LogP contribution in [0.25, 0.3) is 0 Å². The van der Waals surface area contributed by atoms with Crippen LogP contribution in [0, 0.1) is 5.82 Å². The van der Waals surface area contributed by atoms with Crippen LogP contribution >= 0.6 is 0 Å². The second kappa shape index (κ2) is 4.95. The molecule has 0 aromatic carbocycles. The van der Waals surface area contributed by atoms with Gasteiger partial charge in [0.1, 0.15) is 11.5 Å². The molecule has 0 aliphatic heterocycles. The highest BCUT2D eigenvalue weighted by Crippen LogP contribution is 2.23. The van der Waals surface area contributed by atoms with Gasteiger partial charge in [0.15, 0.2) is 5.76 Å². The van der Waals surface area contributed by atoms with Crippen LogP contribution in [-0.2, 0) is 0 Å². The van der Waals surface area contributed by atoms with Gasteiger partial charge in [-0.3, -0.25) is 9.78 Å². The molecule has 0 saturated heterocycles. The van der Waals surface area contributed by atoms with Crippen molar-refractivity contribution in [1.29, 1.82) is 0 Å². The first-order valence-corrected chi connectivity index (χ1v) is 5.44. The first kappa shape index (κ1) is 12.2. The maximum Gasteiger partial charge on any atom is 0.257 e. The zero-order valence-corrected chi connectivity index (χ0v) is 9.98. The van der Waals surface area contributed by atoms with Crippen LogP contribution in [0.15, 0.2) is 29.2 Å². The van der Waals surface area contributed by atoms with Gasteiger partial charge in [0.25, 0.3) is 5.91 Å². The molecule has 18 heavy (non-hydrogen) atoms. The molecule has 1 N–H and O–H groups in total. The number of halogens is 1. The molecule has 2 aromatic heterocycles. The molecule has 0 saturated carbocycles. The molecular weight excluding hydrogens is 237 g/mol. The highest BCUT2D eigenvalue weighted by Gasteiger charge is 2.15. The summed E-state index contributed by atoms with van der Waals surface area (Å²) < 4.78 is 18.0. The molecule has 0 fully saturated rings. The lowest BCUT2D eigenvalue weighted by molar-refractivity contribution is 0.102. The van der Waals surface area contributed by atoms with Crippen LogP contribution in [0.5, 0.6) is 0 Å². The molecule has 0 bridgehead atoms. The second-order valence-electron chi connectivity index (χ2n) is 4.10. The highest BCUT2D eigenvalue weighted by molar-refractivity contribution is 6.04. The van der Waals surface area contributed by atoms with Crippen molar-refractivity contribution < 1.29 is 13.7 Å². The summed E-state index contributed by atoms with van der Waals surface area (Å²) in [6.07, 6.45) is 3.75. The Kier molecular flexibility index (Phi) is 3.36. The van der Waals surface area contributed by atoms with Gasteiger partial charge < -0.3 is 9.84 Å². The van der Waals surface area contributed by atoms with Crippen LogP contribution in [0.1, 0.15) is 35.9 Å². The molecular formula is C12H12FN3O2. The van der Waals surface area contributed by atoms with Crippen molar-refractivity contribution in [2.24, 2.45) is 0 Å². The molecule has 0 spiro atoms. The first-order chi connectivity index (χ1) is 8.58. The molecule has 5 nitrogen and oxygen atoms in total. The van der Waals surface area contributed by atoms with Gasteiger partial charge >= 0.3 is 0 Å². The van der Waals surface area contributed by atoms with Crippen molar-refractivity contribution in [3.8, 4) is 0 Å². The molecule has 0 radical (unpaired) electrons. The van der Waals surface area contributed by atoms with Crippen LogP contribution in [-0.4, -0.2) is 16.0 Å². The number of hydrogen-bond acceptors (Lipinski definition) is 4. The number of amides is 1. The van der Waals surface area contributed by atoms with E-state index in [1.807, 2.05) is 13.8 Å². The fourth-order valence-electron chi connectivity index (χ4n) is 1.49. The fourth-order valence-corrected chi connectivity index (χ4v) is 1.49. The molecule has 2 aromatic rings. The second-order valence-corrected chi connectivity index (χ2v) is 4.10. The van der Waals surface area contributed by atoms with Gasteiger partial charge in [-0.2, -0.15) is 0 Å². The monoisotopic (exact) mass is 249 g/mol. The fraction of sp³-hybridized carbons (Fsp3) is 0.250. The molecule has 0 unspecified atom stereocenters. The minimum atomic E-state index is -0.558. The van der Waals surface area contributed by atoms with Gasteiger partial charge in [-0.05, 0) is 6.07 Å². The Morgan fingerprint density at radius 3 is 2.83 bits per heavy atom. The van der Waals surface area contributed by atoms with Crippen molar-refractivity contribution in [1.82, 2.24) is 10.1 Å². The van der Waals surface area contributed by atoms with E-state index in [1.165, 1.54) is 12.4 Å². The van der Waals surface area contributed by atoms with E-state index in [0.29, 0.717) is 11.4 Å². The highest BCUT2D eigenvalue weighted by atomic mass is 19.1. The summed E-state index contributed by atoms with van der Waals surface area (Å²) in [7, 11) is 0. The van der Waals surface area contributed by atoms with Crippen LogP contribution < -0.4 is 5.32 Å². The number of pyridine rings is 1. The molecule has 2 heterocycles. The zero-order chi connectivity index (χ0) is 13.1. The van der Waals surface area contributed by atoms with Gasteiger partial charge in [-0.1, -0.05) is 19.0 Å². The maximum atomic E-state index is 12.9. The third-order valence-corrected chi connectivity index (χ3v) is 2.34.